The van der Waals surface area contributed by atoms with E-state index in [0.29, 0.717) is 22.9 Å². The van der Waals surface area contributed by atoms with Gasteiger partial charge in [0.15, 0.2) is 17.3 Å². The van der Waals surface area contributed by atoms with Crippen molar-refractivity contribution in [2.24, 2.45) is 0 Å². The normalized spacial score (nSPS) is 10.8. The molecule has 1 aromatic heterocycles. The van der Waals surface area contributed by atoms with Gasteiger partial charge in [0.2, 0.25) is 11.6 Å². The molecule has 7 nitrogen and oxygen atoms in total. The highest BCUT2D eigenvalue weighted by Gasteiger charge is 2.22. The summed E-state index contributed by atoms with van der Waals surface area (Å²) in [5, 5.41) is 10.4. The first kappa shape index (κ1) is 23.0. The SMILES string of the molecule is COc1cc(-c2oc(-c3ccc(N(C)C)cc3)nc2-c2ccc(N(C)C)cc2)cc(OC)c1O. The topological polar surface area (TPSA) is 71.2 Å². The molecule has 0 unspecified atom stereocenters. The third-order valence-electron chi connectivity index (χ3n) is 5.66. The van der Waals surface area contributed by atoms with E-state index in [0.717, 1.165) is 22.5 Å². The molecule has 3 aromatic carbocycles. The van der Waals surface area contributed by atoms with Crippen molar-refractivity contribution in [1.29, 1.82) is 0 Å². The first-order chi connectivity index (χ1) is 16.3. The number of aromatic nitrogens is 1. The fourth-order valence-corrected chi connectivity index (χ4v) is 3.68. The summed E-state index contributed by atoms with van der Waals surface area (Å²) >= 11 is 0. The van der Waals surface area contributed by atoms with Gasteiger partial charge in [-0.3, -0.25) is 0 Å². The van der Waals surface area contributed by atoms with Crippen molar-refractivity contribution < 1.29 is 19.0 Å². The van der Waals surface area contributed by atoms with Crippen molar-refractivity contribution in [3.63, 3.8) is 0 Å². The van der Waals surface area contributed by atoms with Gasteiger partial charge in [-0.15, -0.1) is 0 Å². The lowest BCUT2D eigenvalue weighted by Gasteiger charge is -2.13. The van der Waals surface area contributed by atoms with Gasteiger partial charge in [0.1, 0.15) is 5.69 Å². The minimum Gasteiger partial charge on any atom is -0.502 e. The molecular weight excluding hydrogens is 430 g/mol. The van der Waals surface area contributed by atoms with Crippen LogP contribution in [0.2, 0.25) is 0 Å². The van der Waals surface area contributed by atoms with Gasteiger partial charge in [-0.25, -0.2) is 4.98 Å². The molecule has 0 aliphatic heterocycles. The van der Waals surface area contributed by atoms with Gasteiger partial charge in [-0.05, 0) is 48.5 Å². The van der Waals surface area contributed by atoms with E-state index < -0.39 is 0 Å². The monoisotopic (exact) mass is 459 g/mol. The number of ether oxygens (including phenoxy) is 2. The minimum atomic E-state index is -0.0651. The predicted molar refractivity (Wildman–Crippen MR) is 136 cm³/mol. The second-order valence-electron chi connectivity index (χ2n) is 8.31. The zero-order valence-electron chi connectivity index (χ0n) is 20.3. The maximum absolute atomic E-state index is 10.4. The molecule has 0 saturated heterocycles. The average Bonchev–Trinajstić information content (AvgIpc) is 3.30. The molecule has 4 aromatic rings. The van der Waals surface area contributed by atoms with Crippen molar-refractivity contribution in [2.75, 3.05) is 52.2 Å². The van der Waals surface area contributed by atoms with E-state index in [1.54, 1.807) is 12.1 Å². The summed E-state index contributed by atoms with van der Waals surface area (Å²) < 4.78 is 17.1. The van der Waals surface area contributed by atoms with Crippen LogP contribution in [0, 0.1) is 0 Å². The Morgan fingerprint density at radius 1 is 0.706 bits per heavy atom. The van der Waals surface area contributed by atoms with Crippen LogP contribution in [0.25, 0.3) is 34.0 Å². The number of benzene rings is 3. The Bertz CT molecular complexity index is 1250. The number of rotatable bonds is 7. The number of oxazole rings is 1. The Morgan fingerprint density at radius 3 is 1.62 bits per heavy atom. The number of anilines is 2. The highest BCUT2D eigenvalue weighted by Crippen LogP contribution is 2.44. The fourth-order valence-electron chi connectivity index (χ4n) is 3.68. The number of nitrogens with zero attached hydrogens (tertiary/aromatic N) is 3. The smallest absolute Gasteiger partial charge is 0.227 e. The molecule has 0 bridgehead atoms. The van der Waals surface area contributed by atoms with E-state index in [1.807, 2.05) is 86.5 Å². The standard InChI is InChI=1S/C27H29N3O4/c1-29(2)20-11-7-17(8-12-20)24-26(19-15-22(32-5)25(31)23(16-19)33-6)34-27(28-24)18-9-13-21(14-10-18)30(3)4/h7-16,31H,1-6H3. The molecule has 1 heterocycles. The summed E-state index contributed by atoms with van der Waals surface area (Å²) in [5.41, 5.74) is 5.31. The van der Waals surface area contributed by atoms with Gasteiger partial charge in [0, 0.05) is 56.3 Å². The molecule has 0 amide bonds. The number of phenolic OH excluding ortho intramolecular Hbond substituents is 1. The number of aromatic hydroxyl groups is 1. The van der Waals surface area contributed by atoms with Crippen LogP contribution in [0.1, 0.15) is 0 Å². The zero-order chi connectivity index (χ0) is 24.4. The van der Waals surface area contributed by atoms with Crippen molar-refractivity contribution in [1.82, 2.24) is 4.98 Å². The number of hydrogen-bond donors (Lipinski definition) is 1. The first-order valence-electron chi connectivity index (χ1n) is 10.8. The highest BCUT2D eigenvalue weighted by molar-refractivity contribution is 5.82. The van der Waals surface area contributed by atoms with Crippen LogP contribution in [0.5, 0.6) is 17.2 Å². The molecule has 0 atom stereocenters. The third-order valence-corrected chi connectivity index (χ3v) is 5.66. The second-order valence-corrected chi connectivity index (χ2v) is 8.31. The lowest BCUT2D eigenvalue weighted by molar-refractivity contribution is 0.340. The van der Waals surface area contributed by atoms with Crippen molar-refractivity contribution in [3.8, 4) is 51.3 Å². The molecule has 0 fully saturated rings. The second kappa shape index (κ2) is 9.39. The van der Waals surface area contributed by atoms with Crippen LogP contribution in [0.4, 0.5) is 11.4 Å². The summed E-state index contributed by atoms with van der Waals surface area (Å²) in [5.74, 6) is 1.57. The first-order valence-corrected chi connectivity index (χ1v) is 10.8. The number of hydrogen-bond acceptors (Lipinski definition) is 7. The van der Waals surface area contributed by atoms with Crippen LogP contribution in [-0.4, -0.2) is 52.5 Å². The Labute approximate surface area is 199 Å². The van der Waals surface area contributed by atoms with Gasteiger partial charge < -0.3 is 28.8 Å². The van der Waals surface area contributed by atoms with Crippen molar-refractivity contribution >= 4 is 11.4 Å². The van der Waals surface area contributed by atoms with Gasteiger partial charge in [-0.1, -0.05) is 12.1 Å². The quantitative estimate of drug-likeness (QED) is 0.390. The van der Waals surface area contributed by atoms with Crippen molar-refractivity contribution in [3.05, 3.63) is 60.7 Å². The van der Waals surface area contributed by atoms with Gasteiger partial charge in [-0.2, -0.15) is 0 Å². The number of methoxy groups -OCH3 is 2. The molecule has 1 N–H and O–H groups in total. The minimum absolute atomic E-state index is 0.0651. The van der Waals surface area contributed by atoms with Crippen molar-refractivity contribution in [2.45, 2.75) is 0 Å². The maximum Gasteiger partial charge on any atom is 0.227 e. The Hall–Kier alpha value is -4.13. The average molecular weight is 460 g/mol. The van der Waals surface area contributed by atoms with E-state index in [4.69, 9.17) is 18.9 Å². The molecule has 0 spiro atoms. The number of phenols is 1. The zero-order valence-corrected chi connectivity index (χ0v) is 20.3. The third kappa shape index (κ3) is 4.37. The van der Waals surface area contributed by atoms with E-state index in [1.165, 1.54) is 14.2 Å². The molecule has 7 heteroatoms. The van der Waals surface area contributed by atoms with Crippen LogP contribution in [-0.2, 0) is 0 Å². The van der Waals surface area contributed by atoms with Gasteiger partial charge >= 0.3 is 0 Å². The molecule has 0 radical (unpaired) electrons. The maximum atomic E-state index is 10.4. The molecule has 0 saturated carbocycles. The van der Waals surface area contributed by atoms with E-state index in [9.17, 15) is 5.11 Å². The summed E-state index contributed by atoms with van der Waals surface area (Å²) in [6.07, 6.45) is 0. The fraction of sp³-hybridized carbons (Fsp3) is 0.222. The molecule has 0 aliphatic carbocycles. The van der Waals surface area contributed by atoms with Crippen LogP contribution < -0.4 is 19.3 Å². The van der Waals surface area contributed by atoms with Crippen LogP contribution in [0.15, 0.2) is 65.1 Å². The molecule has 34 heavy (non-hydrogen) atoms. The summed E-state index contributed by atoms with van der Waals surface area (Å²) in [6, 6.07) is 19.6. The molecule has 4 rings (SSSR count). The molecule has 0 aliphatic rings. The lowest BCUT2D eigenvalue weighted by Crippen LogP contribution is -2.07. The molecule has 176 valence electrons. The van der Waals surface area contributed by atoms with Gasteiger partial charge in [0.05, 0.1) is 14.2 Å². The highest BCUT2D eigenvalue weighted by atomic mass is 16.5. The van der Waals surface area contributed by atoms with E-state index in [2.05, 4.69) is 0 Å². The van der Waals surface area contributed by atoms with E-state index in [-0.39, 0.29) is 17.2 Å². The van der Waals surface area contributed by atoms with E-state index >= 15 is 0 Å². The Morgan fingerprint density at radius 2 is 1.18 bits per heavy atom. The van der Waals surface area contributed by atoms with Crippen LogP contribution in [0.3, 0.4) is 0 Å². The summed E-state index contributed by atoms with van der Waals surface area (Å²) in [6.45, 7) is 0. The predicted octanol–water partition coefficient (Wildman–Crippen LogP) is 5.53. The molecular formula is C27H29N3O4. The summed E-state index contributed by atoms with van der Waals surface area (Å²) in [4.78, 5) is 8.95. The lowest BCUT2D eigenvalue weighted by atomic mass is 10.0. The Kier molecular flexibility index (Phi) is 6.36. The van der Waals surface area contributed by atoms with Crippen LogP contribution >= 0.6 is 0 Å². The summed E-state index contributed by atoms with van der Waals surface area (Å²) in [7, 11) is 11.0. The Balaban J connectivity index is 1.89. The largest absolute Gasteiger partial charge is 0.502 e. The van der Waals surface area contributed by atoms with Gasteiger partial charge in [0.25, 0.3) is 0 Å².